The molecule has 1 N–H and O–H groups in total. The molecule has 0 aliphatic heterocycles. The lowest BCUT2D eigenvalue weighted by atomic mass is 10.2. The number of nitrogens with zero attached hydrogens (tertiary/aromatic N) is 3. The molecule has 0 aromatic carbocycles. The van der Waals surface area contributed by atoms with Gasteiger partial charge in [-0.05, 0) is 31.2 Å². The maximum absolute atomic E-state index is 12.3. The highest BCUT2D eigenvalue weighted by Gasteiger charge is 2.13. The van der Waals surface area contributed by atoms with Crippen LogP contribution in [0.4, 0.5) is 11.5 Å². The van der Waals surface area contributed by atoms with Gasteiger partial charge >= 0.3 is 0 Å². The highest BCUT2D eigenvalue weighted by atomic mass is 16.1. The minimum Gasteiger partial charge on any atom is -0.362 e. The van der Waals surface area contributed by atoms with E-state index in [0.29, 0.717) is 11.4 Å². The summed E-state index contributed by atoms with van der Waals surface area (Å²) in [4.78, 5) is 22.4. The van der Waals surface area contributed by atoms with Crippen LogP contribution in [0.2, 0.25) is 0 Å². The van der Waals surface area contributed by atoms with Crippen LogP contribution >= 0.6 is 0 Å². The predicted molar refractivity (Wildman–Crippen MR) is 75.5 cm³/mol. The van der Waals surface area contributed by atoms with Gasteiger partial charge in [0.1, 0.15) is 5.82 Å². The number of hydrogen-bond donors (Lipinski definition) is 1. The number of amides is 1. The normalized spacial score (nSPS) is 10.1. The van der Waals surface area contributed by atoms with Crippen LogP contribution in [0.3, 0.4) is 0 Å². The van der Waals surface area contributed by atoms with Crippen molar-refractivity contribution in [3.05, 3.63) is 47.9 Å². The molecule has 0 saturated heterocycles. The molecule has 0 bridgehead atoms. The van der Waals surface area contributed by atoms with Crippen molar-refractivity contribution in [1.82, 2.24) is 9.97 Å². The number of carbonyl (C=O) groups is 1. The van der Waals surface area contributed by atoms with Crippen LogP contribution in [0.1, 0.15) is 16.1 Å². The molecule has 0 spiro atoms. The molecule has 0 unspecified atom stereocenters. The van der Waals surface area contributed by atoms with Crippen molar-refractivity contribution in [2.45, 2.75) is 6.92 Å². The zero-order valence-electron chi connectivity index (χ0n) is 11.2. The van der Waals surface area contributed by atoms with Crippen molar-refractivity contribution in [2.24, 2.45) is 0 Å². The monoisotopic (exact) mass is 256 g/mol. The van der Waals surface area contributed by atoms with Crippen molar-refractivity contribution in [1.29, 1.82) is 0 Å². The van der Waals surface area contributed by atoms with E-state index in [1.807, 2.05) is 32.0 Å². The summed E-state index contributed by atoms with van der Waals surface area (Å²) >= 11 is 0. The molecular weight excluding hydrogens is 240 g/mol. The van der Waals surface area contributed by atoms with E-state index in [4.69, 9.17) is 0 Å². The van der Waals surface area contributed by atoms with Crippen LogP contribution in [0, 0.1) is 6.92 Å². The summed E-state index contributed by atoms with van der Waals surface area (Å²) in [7, 11) is 3.71. The van der Waals surface area contributed by atoms with Gasteiger partial charge in [-0.15, -0.1) is 0 Å². The van der Waals surface area contributed by atoms with E-state index >= 15 is 0 Å². The topological polar surface area (TPSA) is 58.1 Å². The number of rotatable bonds is 3. The summed E-state index contributed by atoms with van der Waals surface area (Å²) in [6, 6.07) is 7.09. The lowest BCUT2D eigenvalue weighted by molar-refractivity contribution is 0.102. The molecule has 0 fully saturated rings. The zero-order chi connectivity index (χ0) is 13.8. The maximum atomic E-state index is 12.3. The van der Waals surface area contributed by atoms with Crippen molar-refractivity contribution in [3.8, 4) is 0 Å². The van der Waals surface area contributed by atoms with E-state index in [1.165, 1.54) is 0 Å². The fraction of sp³-hybridized carbons (Fsp3) is 0.214. The largest absolute Gasteiger partial charge is 0.362 e. The molecule has 0 atom stereocenters. The van der Waals surface area contributed by atoms with Gasteiger partial charge in [-0.3, -0.25) is 9.78 Å². The fourth-order valence-electron chi connectivity index (χ4n) is 1.75. The van der Waals surface area contributed by atoms with Crippen LogP contribution in [0.5, 0.6) is 0 Å². The molecule has 5 heteroatoms. The second-order valence-electron chi connectivity index (χ2n) is 4.41. The molecule has 2 rings (SSSR count). The highest BCUT2D eigenvalue weighted by Crippen LogP contribution is 2.16. The Kier molecular flexibility index (Phi) is 3.75. The average Bonchev–Trinajstić information content (AvgIpc) is 2.38. The van der Waals surface area contributed by atoms with E-state index in [0.717, 1.165) is 11.4 Å². The third-order valence-corrected chi connectivity index (χ3v) is 2.61. The molecule has 0 aliphatic rings. The number of pyridine rings is 2. The molecule has 98 valence electrons. The Balaban J connectivity index is 2.25. The molecule has 2 heterocycles. The lowest BCUT2D eigenvalue weighted by Gasteiger charge is -2.15. The van der Waals surface area contributed by atoms with Gasteiger partial charge in [-0.2, -0.15) is 0 Å². The number of aryl methyl sites for hydroxylation is 1. The van der Waals surface area contributed by atoms with Gasteiger partial charge in [0.25, 0.3) is 5.91 Å². The van der Waals surface area contributed by atoms with Crippen molar-refractivity contribution < 1.29 is 4.79 Å². The lowest BCUT2D eigenvalue weighted by Crippen LogP contribution is -2.19. The maximum Gasteiger partial charge on any atom is 0.259 e. The number of anilines is 2. The van der Waals surface area contributed by atoms with Crippen LogP contribution < -0.4 is 10.2 Å². The standard InChI is InChI=1S/C14H16N4O/c1-10-9-11(6-8-15-10)17-14(19)12-5-4-7-16-13(12)18(2)3/h4-9H,1-3H3,(H,15,17,19). The molecule has 1 amide bonds. The first-order valence-electron chi connectivity index (χ1n) is 5.94. The average molecular weight is 256 g/mol. The summed E-state index contributed by atoms with van der Waals surface area (Å²) in [5.74, 6) is 0.466. The number of aromatic nitrogens is 2. The van der Waals surface area contributed by atoms with E-state index in [2.05, 4.69) is 15.3 Å². The SMILES string of the molecule is Cc1cc(NC(=O)c2cccnc2N(C)C)ccn1. The van der Waals surface area contributed by atoms with Gasteiger partial charge in [0, 0.05) is 37.9 Å². The van der Waals surface area contributed by atoms with Crippen molar-refractivity contribution in [2.75, 3.05) is 24.3 Å². The van der Waals surface area contributed by atoms with Gasteiger partial charge in [0.05, 0.1) is 5.56 Å². The quantitative estimate of drug-likeness (QED) is 0.913. The van der Waals surface area contributed by atoms with Crippen LogP contribution in [-0.2, 0) is 0 Å². The molecule has 19 heavy (non-hydrogen) atoms. The smallest absolute Gasteiger partial charge is 0.259 e. The molecule has 2 aromatic rings. The van der Waals surface area contributed by atoms with E-state index in [9.17, 15) is 4.79 Å². The van der Waals surface area contributed by atoms with E-state index in [-0.39, 0.29) is 5.91 Å². The first kappa shape index (κ1) is 13.0. The molecule has 0 saturated carbocycles. The third-order valence-electron chi connectivity index (χ3n) is 2.61. The van der Waals surface area contributed by atoms with Crippen LogP contribution in [0.15, 0.2) is 36.7 Å². The Bertz CT molecular complexity index is 596. The Morgan fingerprint density at radius 1 is 1.21 bits per heavy atom. The Morgan fingerprint density at radius 2 is 2.00 bits per heavy atom. The minimum absolute atomic E-state index is 0.178. The third kappa shape index (κ3) is 3.07. The molecule has 5 nitrogen and oxygen atoms in total. The summed E-state index contributed by atoms with van der Waals surface area (Å²) < 4.78 is 0. The molecule has 0 aliphatic carbocycles. The number of carbonyl (C=O) groups excluding carboxylic acids is 1. The Labute approximate surface area is 112 Å². The van der Waals surface area contributed by atoms with Crippen LogP contribution in [-0.4, -0.2) is 30.0 Å². The van der Waals surface area contributed by atoms with Gasteiger partial charge in [-0.1, -0.05) is 0 Å². The summed E-state index contributed by atoms with van der Waals surface area (Å²) in [5, 5.41) is 2.85. The van der Waals surface area contributed by atoms with Crippen LogP contribution in [0.25, 0.3) is 0 Å². The summed E-state index contributed by atoms with van der Waals surface area (Å²) in [6.45, 7) is 1.88. The molecule has 0 radical (unpaired) electrons. The van der Waals surface area contributed by atoms with Gasteiger partial charge in [0.15, 0.2) is 0 Å². The summed E-state index contributed by atoms with van der Waals surface area (Å²) in [5.41, 5.74) is 2.13. The Hall–Kier alpha value is -2.43. The predicted octanol–water partition coefficient (Wildman–Crippen LogP) is 2.10. The number of nitrogens with one attached hydrogen (secondary N) is 1. The van der Waals surface area contributed by atoms with Gasteiger partial charge in [0.2, 0.25) is 0 Å². The first-order chi connectivity index (χ1) is 9.08. The van der Waals surface area contributed by atoms with Crippen molar-refractivity contribution >= 4 is 17.4 Å². The summed E-state index contributed by atoms with van der Waals surface area (Å²) in [6.07, 6.45) is 3.34. The molecule has 2 aromatic heterocycles. The minimum atomic E-state index is -0.178. The zero-order valence-corrected chi connectivity index (χ0v) is 11.2. The first-order valence-corrected chi connectivity index (χ1v) is 5.94. The molecular formula is C14H16N4O. The van der Waals surface area contributed by atoms with E-state index in [1.54, 1.807) is 30.6 Å². The van der Waals surface area contributed by atoms with Crippen molar-refractivity contribution in [3.63, 3.8) is 0 Å². The number of hydrogen-bond acceptors (Lipinski definition) is 4. The van der Waals surface area contributed by atoms with Gasteiger partial charge in [-0.25, -0.2) is 4.98 Å². The second kappa shape index (κ2) is 5.48. The van der Waals surface area contributed by atoms with E-state index < -0.39 is 0 Å². The highest BCUT2D eigenvalue weighted by molar-refractivity contribution is 6.07. The Morgan fingerprint density at radius 3 is 2.68 bits per heavy atom. The second-order valence-corrected chi connectivity index (χ2v) is 4.41. The van der Waals surface area contributed by atoms with Gasteiger partial charge < -0.3 is 10.2 Å². The fourth-order valence-corrected chi connectivity index (χ4v) is 1.75.